The maximum absolute atomic E-state index is 7.22. The summed E-state index contributed by atoms with van der Waals surface area (Å²) in [6, 6.07) is 83.2. The first kappa shape index (κ1) is 38.5. The molecule has 13 rings (SSSR count). The van der Waals surface area contributed by atoms with Crippen LogP contribution in [0, 0.1) is 0 Å². The molecule has 0 saturated heterocycles. The average Bonchev–Trinajstić information content (AvgIpc) is 3.82. The summed E-state index contributed by atoms with van der Waals surface area (Å²) in [6.45, 7) is 0. The van der Waals surface area contributed by atoms with Gasteiger partial charge < -0.3 is 4.42 Å². The van der Waals surface area contributed by atoms with Crippen molar-refractivity contribution >= 4 is 54.2 Å². The molecule has 10 aromatic carbocycles. The van der Waals surface area contributed by atoms with Crippen molar-refractivity contribution in [1.82, 2.24) is 15.0 Å². The fraction of sp³-hybridized carbons (Fsp3) is 0. The number of para-hydroxylation sites is 1. The molecule has 67 heavy (non-hydrogen) atoms. The Morgan fingerprint density at radius 1 is 0.284 bits per heavy atom. The van der Waals surface area contributed by atoms with E-state index in [1.807, 2.05) is 42.5 Å². The van der Waals surface area contributed by atoms with Gasteiger partial charge in [0.1, 0.15) is 11.5 Å². The Kier molecular flexibility index (Phi) is 9.14. The monoisotopic (exact) mass is 853 g/mol. The molecule has 0 radical (unpaired) electrons. The Labute approximate surface area is 387 Å². The second-order valence-corrected chi connectivity index (χ2v) is 17.1. The molecule has 312 valence electrons. The zero-order valence-corrected chi connectivity index (χ0v) is 36.3. The predicted octanol–water partition coefficient (Wildman–Crippen LogP) is 16.9. The quantitative estimate of drug-likeness (QED) is 0.150. The lowest BCUT2D eigenvalue weighted by atomic mass is 9.90. The third-order valence-corrected chi connectivity index (χ3v) is 13.1. The molecule has 0 N–H and O–H groups in total. The zero-order valence-electron chi connectivity index (χ0n) is 36.3. The third kappa shape index (κ3) is 6.65. The van der Waals surface area contributed by atoms with Crippen LogP contribution in [-0.2, 0) is 0 Å². The molecule has 0 spiro atoms. The topological polar surface area (TPSA) is 51.8 Å². The van der Waals surface area contributed by atoms with Crippen molar-refractivity contribution in [3.8, 4) is 78.7 Å². The van der Waals surface area contributed by atoms with Crippen molar-refractivity contribution in [3.05, 3.63) is 237 Å². The maximum atomic E-state index is 7.22. The first-order valence-corrected chi connectivity index (χ1v) is 22.7. The molecule has 0 bridgehead atoms. The molecule has 4 nitrogen and oxygen atoms in total. The SMILES string of the molecule is c1ccc(-c2cc(-c3ccc(-c4ccc(-c5oc6c(-c7ccccc7)nc7ccccc7c6c5-c5ccc6c7ccccc7c7ccccc7c6c5)cc4)cc3)nc(-c3ccccc3)n2)cc1. The molecule has 13 aromatic rings. The van der Waals surface area contributed by atoms with E-state index >= 15 is 0 Å². The first-order chi connectivity index (χ1) is 33.2. The molecule has 0 aliphatic carbocycles. The van der Waals surface area contributed by atoms with Gasteiger partial charge in [-0.2, -0.15) is 0 Å². The number of fused-ring (bicyclic) bond motifs is 9. The van der Waals surface area contributed by atoms with E-state index in [1.165, 1.54) is 32.3 Å². The second kappa shape index (κ2) is 15.9. The highest BCUT2D eigenvalue weighted by molar-refractivity contribution is 6.26. The van der Waals surface area contributed by atoms with Crippen LogP contribution in [0.15, 0.2) is 241 Å². The number of rotatable bonds is 7. The van der Waals surface area contributed by atoms with Crippen molar-refractivity contribution in [2.45, 2.75) is 0 Å². The van der Waals surface area contributed by atoms with Crippen molar-refractivity contribution in [1.29, 1.82) is 0 Å². The number of hydrogen-bond donors (Lipinski definition) is 0. The average molecular weight is 854 g/mol. The maximum Gasteiger partial charge on any atom is 0.162 e. The Morgan fingerprint density at radius 2 is 0.716 bits per heavy atom. The summed E-state index contributed by atoms with van der Waals surface area (Å²) in [5.74, 6) is 1.51. The number of nitrogens with zero attached hydrogens (tertiary/aromatic N) is 3. The van der Waals surface area contributed by atoms with Gasteiger partial charge in [-0.15, -0.1) is 0 Å². The molecule has 3 heterocycles. The van der Waals surface area contributed by atoms with Crippen LogP contribution in [0.5, 0.6) is 0 Å². The number of pyridine rings is 1. The van der Waals surface area contributed by atoms with E-state index in [4.69, 9.17) is 19.4 Å². The standard InChI is InChI=1S/C63H39N3O/c1-4-16-42(17-5-1)56-39-57(66-63(65-56)46-20-8-3-9-21-46)43-32-28-40(29-33-43)41-30-34-45(35-31-41)61-58(59-53-26-14-15-27-55(53)64-60(62(59)67-61)44-18-6-2-7-19-44)47-36-37-52-50-24-11-10-22-48(50)49-23-12-13-25-51(49)54(52)38-47/h1-39H. The van der Waals surface area contributed by atoms with Gasteiger partial charge in [-0.25, -0.2) is 15.0 Å². The van der Waals surface area contributed by atoms with Gasteiger partial charge in [-0.05, 0) is 67.2 Å². The van der Waals surface area contributed by atoms with Crippen LogP contribution in [0.2, 0.25) is 0 Å². The number of aromatic nitrogens is 3. The molecule has 0 amide bonds. The lowest BCUT2D eigenvalue weighted by Crippen LogP contribution is -1.95. The largest absolute Gasteiger partial charge is 0.453 e. The Hall–Kier alpha value is -8.99. The van der Waals surface area contributed by atoms with E-state index in [0.717, 1.165) is 94.8 Å². The minimum absolute atomic E-state index is 0.701. The van der Waals surface area contributed by atoms with Crippen molar-refractivity contribution in [2.24, 2.45) is 0 Å². The van der Waals surface area contributed by atoms with Crippen LogP contribution < -0.4 is 0 Å². The van der Waals surface area contributed by atoms with Gasteiger partial charge >= 0.3 is 0 Å². The van der Waals surface area contributed by atoms with E-state index in [2.05, 4.69) is 194 Å². The van der Waals surface area contributed by atoms with E-state index in [9.17, 15) is 0 Å². The highest BCUT2D eigenvalue weighted by Gasteiger charge is 2.25. The van der Waals surface area contributed by atoms with Gasteiger partial charge in [-0.1, -0.05) is 218 Å². The summed E-state index contributed by atoms with van der Waals surface area (Å²) in [5.41, 5.74) is 13.7. The molecule has 0 saturated carbocycles. The lowest BCUT2D eigenvalue weighted by molar-refractivity contribution is 0.632. The molecule has 3 aromatic heterocycles. The van der Waals surface area contributed by atoms with Gasteiger partial charge in [0.25, 0.3) is 0 Å². The summed E-state index contributed by atoms with van der Waals surface area (Å²) in [5, 5.41) is 9.53. The zero-order chi connectivity index (χ0) is 44.3. The summed E-state index contributed by atoms with van der Waals surface area (Å²) in [4.78, 5) is 15.3. The minimum Gasteiger partial charge on any atom is -0.453 e. The van der Waals surface area contributed by atoms with Crippen LogP contribution in [-0.4, -0.2) is 15.0 Å². The fourth-order valence-electron chi connectivity index (χ4n) is 9.86. The predicted molar refractivity (Wildman–Crippen MR) is 278 cm³/mol. The molecule has 0 aliphatic heterocycles. The number of furan rings is 1. The molecule has 0 atom stereocenters. The van der Waals surface area contributed by atoms with Gasteiger partial charge in [-0.3, -0.25) is 0 Å². The smallest absolute Gasteiger partial charge is 0.162 e. The van der Waals surface area contributed by atoms with E-state index in [-0.39, 0.29) is 0 Å². The Balaban J connectivity index is 0.956. The summed E-state index contributed by atoms with van der Waals surface area (Å²) in [6.07, 6.45) is 0. The normalized spacial score (nSPS) is 11.6. The molecule has 0 unspecified atom stereocenters. The number of hydrogen-bond acceptors (Lipinski definition) is 4. The Bertz CT molecular complexity index is 3900. The lowest BCUT2D eigenvalue weighted by Gasteiger charge is -2.13. The molecule has 4 heteroatoms. The Morgan fingerprint density at radius 3 is 1.31 bits per heavy atom. The highest BCUT2D eigenvalue weighted by Crippen LogP contribution is 2.48. The van der Waals surface area contributed by atoms with Crippen molar-refractivity contribution in [2.75, 3.05) is 0 Å². The first-order valence-electron chi connectivity index (χ1n) is 22.7. The minimum atomic E-state index is 0.701. The fourth-order valence-corrected chi connectivity index (χ4v) is 9.86. The number of benzene rings is 10. The van der Waals surface area contributed by atoms with Crippen LogP contribution in [0.25, 0.3) is 133 Å². The van der Waals surface area contributed by atoms with Crippen LogP contribution >= 0.6 is 0 Å². The third-order valence-electron chi connectivity index (χ3n) is 13.1. The van der Waals surface area contributed by atoms with E-state index in [0.29, 0.717) is 5.82 Å². The molecule has 0 aliphatic rings. The molecule has 0 fully saturated rings. The summed E-state index contributed by atoms with van der Waals surface area (Å²) >= 11 is 0. The molecular weight excluding hydrogens is 815 g/mol. The van der Waals surface area contributed by atoms with Gasteiger partial charge in [0.2, 0.25) is 0 Å². The van der Waals surface area contributed by atoms with E-state index < -0.39 is 0 Å². The second-order valence-electron chi connectivity index (χ2n) is 17.1. The van der Waals surface area contributed by atoms with E-state index in [1.54, 1.807) is 0 Å². The van der Waals surface area contributed by atoms with Crippen LogP contribution in [0.1, 0.15) is 0 Å². The summed E-state index contributed by atoms with van der Waals surface area (Å²) < 4.78 is 7.22. The van der Waals surface area contributed by atoms with Gasteiger partial charge in [0, 0.05) is 44.2 Å². The van der Waals surface area contributed by atoms with Crippen LogP contribution in [0.4, 0.5) is 0 Å². The summed E-state index contributed by atoms with van der Waals surface area (Å²) in [7, 11) is 0. The van der Waals surface area contributed by atoms with Gasteiger partial charge in [0.15, 0.2) is 11.4 Å². The van der Waals surface area contributed by atoms with Gasteiger partial charge in [0.05, 0.1) is 16.9 Å². The highest BCUT2D eigenvalue weighted by atomic mass is 16.3. The molecular formula is C63H39N3O. The van der Waals surface area contributed by atoms with Crippen LogP contribution in [0.3, 0.4) is 0 Å². The van der Waals surface area contributed by atoms with Crippen molar-refractivity contribution in [3.63, 3.8) is 0 Å². The van der Waals surface area contributed by atoms with Crippen molar-refractivity contribution < 1.29 is 4.42 Å².